The van der Waals surface area contributed by atoms with Gasteiger partial charge in [0.25, 0.3) is 5.91 Å². The molecule has 1 aromatic rings. The smallest absolute Gasteiger partial charge is 0.263 e. The molecule has 16 heavy (non-hydrogen) atoms. The van der Waals surface area contributed by atoms with E-state index in [2.05, 4.69) is 11.9 Å². The van der Waals surface area contributed by atoms with E-state index in [0.717, 1.165) is 28.6 Å². The minimum atomic E-state index is 0.0457. The normalized spacial score (nSPS) is 16.2. The average molecular weight is 240 g/mol. The number of rotatable bonds is 1. The Morgan fingerprint density at radius 2 is 2.31 bits per heavy atom. The Kier molecular flexibility index (Phi) is 3.16. The first-order valence-corrected chi connectivity index (χ1v) is 6.05. The quantitative estimate of drug-likeness (QED) is 0.741. The monoisotopic (exact) mass is 240 g/mol. The number of hydrogen-bond acceptors (Lipinski definition) is 4. The van der Waals surface area contributed by atoms with E-state index in [0.29, 0.717) is 6.61 Å². The summed E-state index contributed by atoms with van der Waals surface area (Å²) in [6, 6.07) is 1.95. The van der Waals surface area contributed by atoms with Crippen LogP contribution in [0, 0.1) is 0 Å². The number of likely N-dealkylation sites (N-methyl/N-ethyl adjacent to an activating group) is 1. The minimum absolute atomic E-state index is 0.0457. The van der Waals surface area contributed by atoms with Crippen LogP contribution in [0.25, 0.3) is 0 Å². The lowest BCUT2D eigenvalue weighted by atomic mass is 10.3. The third kappa shape index (κ3) is 2.20. The summed E-state index contributed by atoms with van der Waals surface area (Å²) < 4.78 is 5.64. The van der Waals surface area contributed by atoms with Crippen molar-refractivity contribution < 1.29 is 9.53 Å². The van der Waals surface area contributed by atoms with Gasteiger partial charge in [-0.15, -0.1) is 0 Å². The Balaban J connectivity index is 2.26. The SMILES string of the molecule is CN1CCOc2sc(C(=O)N(C)C)cc2C1. The van der Waals surface area contributed by atoms with Gasteiger partial charge in [-0.2, -0.15) is 0 Å². The van der Waals surface area contributed by atoms with Crippen LogP contribution in [0.1, 0.15) is 15.2 Å². The van der Waals surface area contributed by atoms with Crippen LogP contribution in [0.2, 0.25) is 0 Å². The number of thiophene rings is 1. The second-order valence-electron chi connectivity index (χ2n) is 4.21. The van der Waals surface area contributed by atoms with Gasteiger partial charge in [-0.25, -0.2) is 0 Å². The van der Waals surface area contributed by atoms with Crippen LogP contribution in [0.3, 0.4) is 0 Å². The molecule has 1 amide bonds. The molecule has 0 unspecified atom stereocenters. The Morgan fingerprint density at radius 1 is 1.56 bits per heavy atom. The van der Waals surface area contributed by atoms with Crippen molar-refractivity contribution in [1.29, 1.82) is 0 Å². The zero-order valence-corrected chi connectivity index (χ0v) is 10.6. The van der Waals surface area contributed by atoms with E-state index in [4.69, 9.17) is 4.74 Å². The molecule has 0 bridgehead atoms. The fraction of sp³-hybridized carbons (Fsp3) is 0.545. The van der Waals surface area contributed by atoms with Gasteiger partial charge in [-0.05, 0) is 13.1 Å². The summed E-state index contributed by atoms with van der Waals surface area (Å²) in [5, 5.41) is 0.898. The van der Waals surface area contributed by atoms with Crippen LogP contribution in [0.4, 0.5) is 0 Å². The van der Waals surface area contributed by atoms with Gasteiger partial charge in [0.05, 0.1) is 4.88 Å². The van der Waals surface area contributed by atoms with Crippen LogP contribution in [-0.4, -0.2) is 50.0 Å². The summed E-state index contributed by atoms with van der Waals surface area (Å²) in [7, 11) is 5.59. The molecule has 2 rings (SSSR count). The van der Waals surface area contributed by atoms with Crippen molar-refractivity contribution in [3.63, 3.8) is 0 Å². The maximum atomic E-state index is 11.8. The molecule has 4 nitrogen and oxygen atoms in total. The number of carbonyl (C=O) groups is 1. The summed E-state index contributed by atoms with van der Waals surface area (Å²) in [5.41, 5.74) is 1.12. The van der Waals surface area contributed by atoms with E-state index >= 15 is 0 Å². The molecular formula is C11H16N2O2S. The van der Waals surface area contributed by atoms with Crippen molar-refractivity contribution in [1.82, 2.24) is 9.80 Å². The van der Waals surface area contributed by atoms with Gasteiger partial charge in [0.1, 0.15) is 6.61 Å². The number of fused-ring (bicyclic) bond motifs is 1. The average Bonchev–Trinajstić information content (AvgIpc) is 2.52. The Bertz CT molecular complexity index is 401. The lowest BCUT2D eigenvalue weighted by Crippen LogP contribution is -2.21. The summed E-state index contributed by atoms with van der Waals surface area (Å²) in [6.45, 7) is 2.48. The molecule has 88 valence electrons. The van der Waals surface area contributed by atoms with Gasteiger partial charge >= 0.3 is 0 Å². The van der Waals surface area contributed by atoms with Crippen molar-refractivity contribution >= 4 is 17.2 Å². The molecule has 0 saturated heterocycles. The zero-order chi connectivity index (χ0) is 11.7. The van der Waals surface area contributed by atoms with E-state index in [1.54, 1.807) is 19.0 Å². The number of carbonyl (C=O) groups excluding carboxylic acids is 1. The van der Waals surface area contributed by atoms with Gasteiger partial charge in [-0.1, -0.05) is 11.3 Å². The van der Waals surface area contributed by atoms with Gasteiger partial charge in [0, 0.05) is 32.7 Å². The molecule has 0 aliphatic carbocycles. The first kappa shape index (κ1) is 11.4. The van der Waals surface area contributed by atoms with Crippen molar-refractivity contribution in [3.05, 3.63) is 16.5 Å². The lowest BCUT2D eigenvalue weighted by molar-refractivity contribution is 0.0832. The summed E-state index contributed by atoms with van der Waals surface area (Å²) in [5.74, 6) is 0.0457. The van der Waals surface area contributed by atoms with Crippen LogP contribution >= 0.6 is 11.3 Å². The first-order valence-electron chi connectivity index (χ1n) is 5.23. The lowest BCUT2D eigenvalue weighted by Gasteiger charge is -2.11. The minimum Gasteiger partial charge on any atom is -0.482 e. The number of nitrogens with zero attached hydrogens (tertiary/aromatic N) is 2. The van der Waals surface area contributed by atoms with E-state index in [1.807, 2.05) is 6.07 Å². The Morgan fingerprint density at radius 3 is 3.00 bits per heavy atom. The van der Waals surface area contributed by atoms with Crippen LogP contribution in [0.15, 0.2) is 6.07 Å². The molecule has 2 heterocycles. The van der Waals surface area contributed by atoms with Crippen LogP contribution in [-0.2, 0) is 6.54 Å². The van der Waals surface area contributed by atoms with Gasteiger partial charge in [0.2, 0.25) is 0 Å². The van der Waals surface area contributed by atoms with Gasteiger partial charge in [0.15, 0.2) is 5.06 Å². The molecule has 1 aromatic heterocycles. The standard InChI is InChI=1S/C11H16N2O2S/c1-12(2)10(14)9-6-8-7-13(3)4-5-15-11(8)16-9/h6H,4-5,7H2,1-3H3. The maximum Gasteiger partial charge on any atom is 0.263 e. The predicted octanol–water partition coefficient (Wildman–Crippen LogP) is 1.27. The summed E-state index contributed by atoms with van der Waals surface area (Å²) in [4.78, 5) is 16.3. The highest BCUT2D eigenvalue weighted by Crippen LogP contribution is 2.33. The molecule has 0 atom stereocenters. The largest absolute Gasteiger partial charge is 0.482 e. The third-order valence-electron chi connectivity index (χ3n) is 2.53. The number of ether oxygens (including phenoxy) is 1. The van der Waals surface area contributed by atoms with E-state index in [-0.39, 0.29) is 5.91 Å². The van der Waals surface area contributed by atoms with Gasteiger partial charge in [-0.3, -0.25) is 9.69 Å². The van der Waals surface area contributed by atoms with E-state index in [1.165, 1.54) is 11.3 Å². The fourth-order valence-electron chi connectivity index (χ4n) is 1.63. The third-order valence-corrected chi connectivity index (χ3v) is 3.61. The van der Waals surface area contributed by atoms with Gasteiger partial charge < -0.3 is 9.64 Å². The molecule has 5 heteroatoms. The molecule has 0 fully saturated rings. The second kappa shape index (κ2) is 4.43. The number of amides is 1. The molecule has 1 aliphatic rings. The molecule has 0 N–H and O–H groups in total. The Hall–Kier alpha value is -1.07. The highest BCUT2D eigenvalue weighted by molar-refractivity contribution is 7.16. The van der Waals surface area contributed by atoms with Crippen molar-refractivity contribution in [2.24, 2.45) is 0 Å². The molecule has 0 radical (unpaired) electrons. The fourth-order valence-corrected chi connectivity index (χ4v) is 2.70. The maximum absolute atomic E-state index is 11.8. The highest BCUT2D eigenvalue weighted by atomic mass is 32.1. The molecule has 0 aromatic carbocycles. The van der Waals surface area contributed by atoms with Crippen molar-refractivity contribution in [3.8, 4) is 5.06 Å². The van der Waals surface area contributed by atoms with Crippen LogP contribution < -0.4 is 4.74 Å². The van der Waals surface area contributed by atoms with Crippen LogP contribution in [0.5, 0.6) is 5.06 Å². The second-order valence-corrected chi connectivity index (χ2v) is 5.22. The predicted molar refractivity (Wildman–Crippen MR) is 64.2 cm³/mol. The molecule has 1 aliphatic heterocycles. The number of hydrogen-bond donors (Lipinski definition) is 0. The summed E-state index contributed by atoms with van der Waals surface area (Å²) >= 11 is 1.45. The van der Waals surface area contributed by atoms with E-state index < -0.39 is 0 Å². The van der Waals surface area contributed by atoms with Crippen molar-refractivity contribution in [2.45, 2.75) is 6.54 Å². The molecule has 0 saturated carbocycles. The Labute approximate surface area is 99.4 Å². The summed E-state index contributed by atoms with van der Waals surface area (Å²) in [6.07, 6.45) is 0. The first-order chi connectivity index (χ1) is 7.58. The van der Waals surface area contributed by atoms with E-state index in [9.17, 15) is 4.79 Å². The molecular weight excluding hydrogens is 224 g/mol. The molecule has 0 spiro atoms. The van der Waals surface area contributed by atoms with Crippen molar-refractivity contribution in [2.75, 3.05) is 34.3 Å². The highest BCUT2D eigenvalue weighted by Gasteiger charge is 2.20. The zero-order valence-electron chi connectivity index (χ0n) is 9.82. The topological polar surface area (TPSA) is 32.8 Å².